The van der Waals surface area contributed by atoms with Gasteiger partial charge in [-0.15, -0.1) is 0 Å². The molecule has 7 heteroatoms. The molecule has 0 saturated heterocycles. The third-order valence-corrected chi connectivity index (χ3v) is 4.01. The first kappa shape index (κ1) is 18.2. The molecule has 0 saturated carbocycles. The maximum atomic E-state index is 11.9. The van der Waals surface area contributed by atoms with Crippen molar-refractivity contribution in [1.29, 1.82) is 0 Å². The fraction of sp³-hybridized carbons (Fsp3) is 0.176. The number of amides is 1. The molecule has 126 valence electrons. The Bertz CT molecular complexity index is 735. The molecule has 0 aliphatic carbocycles. The minimum Gasteiger partial charge on any atom is -0.493 e. The van der Waals surface area contributed by atoms with E-state index in [0.717, 1.165) is 9.13 Å². The van der Waals surface area contributed by atoms with E-state index in [1.165, 1.54) is 6.21 Å². The first-order chi connectivity index (χ1) is 11.6. The van der Waals surface area contributed by atoms with Crippen LogP contribution in [0.4, 0.5) is 0 Å². The molecule has 1 atom stereocenters. The summed E-state index contributed by atoms with van der Waals surface area (Å²) < 4.78 is 11.4. The molecule has 0 aliphatic rings. The molecule has 0 unspecified atom stereocenters. The Labute approximate surface area is 153 Å². The fourth-order valence-electron chi connectivity index (χ4n) is 2.03. The van der Waals surface area contributed by atoms with Crippen LogP contribution >= 0.6 is 22.6 Å². The predicted octanol–water partition coefficient (Wildman–Crippen LogP) is 2.49. The Balaban J connectivity index is 2.06. The molecular weight excluding hydrogens is 423 g/mol. The van der Waals surface area contributed by atoms with E-state index in [1.54, 1.807) is 44.6 Å². The van der Waals surface area contributed by atoms with Gasteiger partial charge < -0.3 is 14.6 Å². The number of aliphatic hydroxyl groups excluding tert-OH is 1. The summed E-state index contributed by atoms with van der Waals surface area (Å²) in [6, 6.07) is 12.2. The van der Waals surface area contributed by atoms with Crippen molar-refractivity contribution in [2.45, 2.75) is 6.10 Å². The number of benzene rings is 2. The number of nitrogens with zero attached hydrogens (tertiary/aromatic N) is 1. The lowest BCUT2D eigenvalue weighted by atomic mass is 10.1. The van der Waals surface area contributed by atoms with E-state index in [-0.39, 0.29) is 0 Å². The van der Waals surface area contributed by atoms with Crippen LogP contribution in [0.2, 0.25) is 0 Å². The van der Waals surface area contributed by atoms with Crippen LogP contribution in [0.3, 0.4) is 0 Å². The van der Waals surface area contributed by atoms with E-state index < -0.39 is 12.0 Å². The van der Waals surface area contributed by atoms with Crippen LogP contribution in [0.25, 0.3) is 0 Å². The van der Waals surface area contributed by atoms with Crippen molar-refractivity contribution in [3.63, 3.8) is 0 Å². The molecule has 2 aromatic carbocycles. The monoisotopic (exact) mass is 440 g/mol. The highest BCUT2D eigenvalue weighted by Crippen LogP contribution is 2.32. The molecule has 6 nitrogen and oxygen atoms in total. The van der Waals surface area contributed by atoms with Crippen LogP contribution in [0.5, 0.6) is 11.5 Å². The Morgan fingerprint density at radius 3 is 2.58 bits per heavy atom. The van der Waals surface area contributed by atoms with E-state index in [9.17, 15) is 9.90 Å². The van der Waals surface area contributed by atoms with Gasteiger partial charge >= 0.3 is 0 Å². The largest absolute Gasteiger partial charge is 0.493 e. The molecule has 24 heavy (non-hydrogen) atoms. The van der Waals surface area contributed by atoms with Crippen molar-refractivity contribution in [2.24, 2.45) is 5.10 Å². The number of aliphatic hydroxyl groups is 1. The van der Waals surface area contributed by atoms with E-state index in [4.69, 9.17) is 9.47 Å². The number of rotatable bonds is 6. The number of halogens is 1. The maximum Gasteiger partial charge on any atom is 0.273 e. The minimum atomic E-state index is -1.27. The predicted molar refractivity (Wildman–Crippen MR) is 99.4 cm³/mol. The summed E-state index contributed by atoms with van der Waals surface area (Å²) >= 11 is 2.12. The summed E-state index contributed by atoms with van der Waals surface area (Å²) in [6.07, 6.45) is 0.202. The number of hydrogen-bond acceptors (Lipinski definition) is 5. The lowest BCUT2D eigenvalue weighted by Crippen LogP contribution is -2.25. The van der Waals surface area contributed by atoms with Crippen LogP contribution in [-0.2, 0) is 4.79 Å². The summed E-state index contributed by atoms with van der Waals surface area (Å²) in [4.78, 5) is 11.9. The molecule has 0 radical (unpaired) electrons. The van der Waals surface area contributed by atoms with Gasteiger partial charge in [-0.1, -0.05) is 30.3 Å². The second-order valence-corrected chi connectivity index (χ2v) is 5.95. The van der Waals surface area contributed by atoms with E-state index in [0.29, 0.717) is 17.1 Å². The average molecular weight is 440 g/mol. The number of carbonyl (C=O) groups is 1. The molecular formula is C17H17IN2O4. The number of ether oxygens (including phenoxy) is 2. The van der Waals surface area contributed by atoms with Gasteiger partial charge in [-0.25, -0.2) is 5.43 Å². The summed E-state index contributed by atoms with van der Waals surface area (Å²) in [5.41, 5.74) is 3.55. The summed E-state index contributed by atoms with van der Waals surface area (Å²) in [6.45, 7) is 0. The van der Waals surface area contributed by atoms with Gasteiger partial charge in [0.2, 0.25) is 0 Å². The zero-order valence-electron chi connectivity index (χ0n) is 13.2. The highest BCUT2D eigenvalue weighted by molar-refractivity contribution is 14.1. The highest BCUT2D eigenvalue weighted by Gasteiger charge is 2.16. The van der Waals surface area contributed by atoms with Crippen LogP contribution < -0.4 is 14.9 Å². The zero-order valence-corrected chi connectivity index (χ0v) is 15.4. The normalized spacial score (nSPS) is 12.0. The van der Waals surface area contributed by atoms with Crippen molar-refractivity contribution in [3.05, 3.63) is 57.2 Å². The zero-order chi connectivity index (χ0) is 17.5. The Kier molecular flexibility index (Phi) is 6.56. The second kappa shape index (κ2) is 8.65. The topological polar surface area (TPSA) is 80.2 Å². The van der Waals surface area contributed by atoms with E-state index in [1.807, 2.05) is 12.1 Å². The highest BCUT2D eigenvalue weighted by atomic mass is 127. The van der Waals surface area contributed by atoms with Gasteiger partial charge in [-0.3, -0.25) is 4.79 Å². The maximum absolute atomic E-state index is 11.9. The number of hydrogen-bond donors (Lipinski definition) is 2. The molecule has 0 aromatic heterocycles. The SMILES string of the molecule is COc1cc(/C=N\NC(=O)[C@@H](O)c2ccccc2)cc(I)c1OC. The third kappa shape index (κ3) is 4.45. The summed E-state index contributed by atoms with van der Waals surface area (Å²) in [7, 11) is 3.12. The number of nitrogens with one attached hydrogen (secondary N) is 1. The van der Waals surface area contributed by atoms with Crippen LogP contribution in [0.1, 0.15) is 17.2 Å². The van der Waals surface area contributed by atoms with Gasteiger partial charge in [0.25, 0.3) is 5.91 Å². The fourth-order valence-corrected chi connectivity index (χ4v) is 2.88. The standard InChI is InChI=1S/C17H17IN2O4/c1-23-14-9-11(8-13(18)16(14)24-2)10-19-20-17(22)15(21)12-6-4-3-5-7-12/h3-10,15,21H,1-2H3,(H,20,22)/b19-10-/t15-/m0/s1. The molecule has 2 aromatic rings. The quantitative estimate of drug-likeness (QED) is 0.411. The molecule has 2 rings (SSSR count). The molecule has 0 spiro atoms. The minimum absolute atomic E-state index is 0.505. The molecule has 1 amide bonds. The van der Waals surface area contributed by atoms with Gasteiger partial charge in [-0.05, 0) is 45.9 Å². The third-order valence-electron chi connectivity index (χ3n) is 3.21. The molecule has 0 heterocycles. The molecule has 0 bridgehead atoms. The van der Waals surface area contributed by atoms with Crippen molar-refractivity contribution in [2.75, 3.05) is 14.2 Å². The van der Waals surface area contributed by atoms with Crippen molar-refractivity contribution < 1.29 is 19.4 Å². The lowest BCUT2D eigenvalue weighted by Gasteiger charge is -2.10. The smallest absolute Gasteiger partial charge is 0.273 e. The second-order valence-electron chi connectivity index (χ2n) is 4.79. The number of carbonyl (C=O) groups excluding carboxylic acids is 1. The van der Waals surface area contributed by atoms with Crippen molar-refractivity contribution in [1.82, 2.24) is 5.43 Å². The Hall–Kier alpha value is -2.13. The summed E-state index contributed by atoms with van der Waals surface area (Å²) in [5.74, 6) is 0.605. The average Bonchev–Trinajstić information content (AvgIpc) is 2.61. The van der Waals surface area contributed by atoms with Gasteiger partial charge in [0, 0.05) is 0 Å². The van der Waals surface area contributed by atoms with Crippen LogP contribution in [-0.4, -0.2) is 31.4 Å². The Morgan fingerprint density at radius 1 is 1.25 bits per heavy atom. The molecule has 2 N–H and O–H groups in total. The molecule has 0 aliphatic heterocycles. The Morgan fingerprint density at radius 2 is 1.96 bits per heavy atom. The van der Waals surface area contributed by atoms with Crippen molar-refractivity contribution in [3.8, 4) is 11.5 Å². The van der Waals surface area contributed by atoms with Crippen LogP contribution in [0, 0.1) is 3.57 Å². The first-order valence-corrected chi connectivity index (χ1v) is 8.12. The van der Waals surface area contributed by atoms with Gasteiger partial charge in [0.1, 0.15) is 0 Å². The van der Waals surface area contributed by atoms with E-state index in [2.05, 4.69) is 33.1 Å². The first-order valence-electron chi connectivity index (χ1n) is 7.04. The number of methoxy groups -OCH3 is 2. The van der Waals surface area contributed by atoms with Crippen LogP contribution in [0.15, 0.2) is 47.6 Å². The van der Waals surface area contributed by atoms with Gasteiger partial charge in [0.15, 0.2) is 17.6 Å². The number of hydrazone groups is 1. The lowest BCUT2D eigenvalue weighted by molar-refractivity contribution is -0.129. The van der Waals surface area contributed by atoms with Crippen molar-refractivity contribution >= 4 is 34.7 Å². The van der Waals surface area contributed by atoms with E-state index >= 15 is 0 Å². The summed E-state index contributed by atoms with van der Waals surface area (Å²) in [5, 5.41) is 13.8. The van der Waals surface area contributed by atoms with Gasteiger partial charge in [-0.2, -0.15) is 5.10 Å². The van der Waals surface area contributed by atoms with Gasteiger partial charge in [0.05, 0.1) is 24.0 Å². The molecule has 0 fully saturated rings.